The monoisotopic (exact) mass is 528 g/mol. The van der Waals surface area contributed by atoms with Crippen LogP contribution in [0.25, 0.3) is 11.1 Å². The minimum absolute atomic E-state index is 0. The summed E-state index contributed by atoms with van der Waals surface area (Å²) in [5, 5.41) is 0. The fourth-order valence-electron chi connectivity index (χ4n) is 5.55. The number of halogens is 3. The first-order chi connectivity index (χ1) is 12.1. The molecule has 2 aliphatic rings. The second-order valence-corrected chi connectivity index (χ2v) is 40.6. The molecular weight excluding hydrogens is 502 g/mol. The smallest absolute Gasteiger partial charge is 0.147 e. The van der Waals surface area contributed by atoms with Gasteiger partial charge in [0.1, 0.15) is 0 Å². The van der Waals surface area contributed by atoms with E-state index in [1.165, 1.54) is 39.0 Å². The van der Waals surface area contributed by atoms with E-state index in [1.807, 2.05) is 0 Å². The third-order valence-electron chi connectivity index (χ3n) is 6.94. The van der Waals surface area contributed by atoms with Gasteiger partial charge in [-0.05, 0) is 0 Å². The SMILES string of the molecule is CC1=C(C)C(C)[C]([Zr]([CH3])(=[SiH2])([Cl])[CH]2c3ccccc3-c3ccccc32)=C1C.Cl.Cl. The first-order valence-corrected chi connectivity index (χ1v) is 23.7. The van der Waals surface area contributed by atoms with Crippen LogP contribution in [-0.4, -0.2) is 6.88 Å². The Morgan fingerprint density at radius 1 is 0.821 bits per heavy atom. The second kappa shape index (κ2) is 7.86. The summed E-state index contributed by atoms with van der Waals surface area (Å²) >= 11 is -3.82. The Kier molecular flexibility index (Phi) is 6.78. The van der Waals surface area contributed by atoms with Gasteiger partial charge in [0.2, 0.25) is 0 Å². The molecule has 1 unspecified atom stereocenters. The van der Waals surface area contributed by atoms with Gasteiger partial charge in [-0.2, -0.15) is 0 Å². The average Bonchev–Trinajstić information content (AvgIpc) is 3.04. The number of rotatable bonds is 2. The van der Waals surface area contributed by atoms with Crippen LogP contribution in [-0.2, 0) is 16.2 Å². The third-order valence-corrected chi connectivity index (χ3v) is 24.8. The van der Waals surface area contributed by atoms with Crippen molar-refractivity contribution in [2.45, 2.75) is 36.0 Å². The topological polar surface area (TPSA) is 0 Å². The van der Waals surface area contributed by atoms with Crippen molar-refractivity contribution in [3.63, 3.8) is 0 Å². The van der Waals surface area contributed by atoms with E-state index >= 15 is 0 Å². The van der Waals surface area contributed by atoms with Gasteiger partial charge in [0, 0.05) is 0 Å². The molecule has 150 valence electrons. The summed E-state index contributed by atoms with van der Waals surface area (Å²) < 4.78 is 4.42. The molecule has 0 nitrogen and oxygen atoms in total. The Hall–Kier alpha value is -0.110. The first kappa shape index (κ1) is 24.2. The van der Waals surface area contributed by atoms with Gasteiger partial charge < -0.3 is 0 Å². The molecule has 0 saturated carbocycles. The molecular formula is C23H29Cl3SiZr. The van der Waals surface area contributed by atoms with Gasteiger partial charge in [0.05, 0.1) is 0 Å². The number of hydrogen-bond acceptors (Lipinski definition) is 0. The van der Waals surface area contributed by atoms with Crippen molar-refractivity contribution >= 4 is 40.2 Å². The molecule has 2 aromatic carbocycles. The van der Waals surface area contributed by atoms with Gasteiger partial charge in [-0.15, -0.1) is 24.8 Å². The van der Waals surface area contributed by atoms with E-state index < -0.39 is 16.2 Å². The average molecular weight is 531 g/mol. The van der Waals surface area contributed by atoms with E-state index in [2.05, 4.69) is 87.7 Å². The maximum Gasteiger partial charge on any atom is -0.147 e. The van der Waals surface area contributed by atoms with Crippen LogP contribution in [0.4, 0.5) is 0 Å². The predicted molar refractivity (Wildman–Crippen MR) is 129 cm³/mol. The molecule has 0 spiro atoms. The van der Waals surface area contributed by atoms with Crippen LogP contribution in [0.1, 0.15) is 42.4 Å². The Morgan fingerprint density at radius 2 is 1.25 bits per heavy atom. The molecule has 0 saturated heterocycles. The molecule has 0 radical (unpaired) electrons. The molecule has 0 aromatic heterocycles. The van der Waals surface area contributed by atoms with Gasteiger partial charge in [0.25, 0.3) is 0 Å². The second-order valence-electron chi connectivity index (χ2n) is 8.62. The van der Waals surface area contributed by atoms with Crippen molar-refractivity contribution in [1.29, 1.82) is 0 Å². The maximum atomic E-state index is 7.92. The summed E-state index contributed by atoms with van der Waals surface area (Å²) in [4.78, 5) is 0. The van der Waals surface area contributed by atoms with Gasteiger partial charge >= 0.3 is 164 Å². The summed E-state index contributed by atoms with van der Waals surface area (Å²) in [5.74, 6) is 0.473. The molecule has 0 N–H and O–H groups in total. The summed E-state index contributed by atoms with van der Waals surface area (Å²) in [6.07, 6.45) is 0. The van der Waals surface area contributed by atoms with Gasteiger partial charge in [0.15, 0.2) is 0 Å². The standard InChI is InChI=1S/C13H9.C9H13.CH3.3ClH.H2Si.Zr/c1-3-7-12-10(5-1)9-11-6-2-4-8-13(11)12;1-6-5-7(2)9(4)8(6)3;;;;;;/h1-9H;6H,1-4H3;1H3;3*1H;1H2;/q;;;;;;;+1/p-1. The minimum atomic E-state index is -3.82. The fraction of sp³-hybridized carbons (Fsp3) is 0.304. The quantitative estimate of drug-likeness (QED) is 0.357. The van der Waals surface area contributed by atoms with Crippen LogP contribution in [0, 0.1) is 5.92 Å². The van der Waals surface area contributed by atoms with Gasteiger partial charge in [-0.1, -0.05) is 0 Å². The van der Waals surface area contributed by atoms with Crippen LogP contribution in [0.5, 0.6) is 0 Å². The fourth-order valence-corrected chi connectivity index (χ4v) is 27.0. The molecule has 28 heavy (non-hydrogen) atoms. The molecule has 1 atom stereocenters. The Balaban J connectivity index is 0.00000140. The van der Waals surface area contributed by atoms with E-state index in [4.69, 9.17) is 8.51 Å². The predicted octanol–water partition coefficient (Wildman–Crippen LogP) is 7.30. The number of hydrogen-bond donors (Lipinski definition) is 0. The van der Waals surface area contributed by atoms with Crippen LogP contribution in [0.2, 0.25) is 4.63 Å². The van der Waals surface area contributed by atoms with E-state index in [-0.39, 0.29) is 24.8 Å². The molecule has 0 heterocycles. The van der Waals surface area contributed by atoms with Crippen molar-refractivity contribution in [3.05, 3.63) is 79.7 Å². The van der Waals surface area contributed by atoms with Crippen molar-refractivity contribution < 1.29 is 16.2 Å². The van der Waals surface area contributed by atoms with Crippen LogP contribution < -0.4 is 0 Å². The zero-order chi connectivity index (χ0) is 18.9. The zero-order valence-electron chi connectivity index (χ0n) is 17.2. The molecule has 0 aliphatic heterocycles. The van der Waals surface area contributed by atoms with E-state index in [9.17, 15) is 0 Å². The molecule has 4 rings (SSSR count). The summed E-state index contributed by atoms with van der Waals surface area (Å²) in [6, 6.07) is 17.8. The van der Waals surface area contributed by atoms with Crippen molar-refractivity contribution in [2.24, 2.45) is 5.92 Å². The van der Waals surface area contributed by atoms with Gasteiger partial charge in [-0.25, -0.2) is 0 Å². The molecule has 0 fully saturated rings. The largest absolute Gasteiger partial charge is 0.147 e. The number of fused-ring (bicyclic) bond motifs is 3. The van der Waals surface area contributed by atoms with Crippen molar-refractivity contribution in [2.75, 3.05) is 0 Å². The molecule has 0 bridgehead atoms. The Bertz CT molecular complexity index is 1030. The van der Waals surface area contributed by atoms with Crippen molar-refractivity contribution in [1.82, 2.24) is 0 Å². The summed E-state index contributed by atoms with van der Waals surface area (Å²) in [7, 11) is 7.92. The molecule has 5 heteroatoms. The van der Waals surface area contributed by atoms with Gasteiger partial charge in [-0.3, -0.25) is 0 Å². The minimum Gasteiger partial charge on any atom is -0.147 e. The van der Waals surface area contributed by atoms with E-state index in [1.54, 1.807) is 3.28 Å². The Morgan fingerprint density at radius 3 is 1.64 bits per heavy atom. The number of allylic oxidation sites excluding steroid dienone is 4. The molecule has 2 aromatic rings. The van der Waals surface area contributed by atoms with Crippen LogP contribution >= 0.6 is 33.3 Å². The molecule has 0 amide bonds. The van der Waals surface area contributed by atoms with Crippen LogP contribution in [0.3, 0.4) is 0 Å². The number of benzene rings is 2. The maximum absolute atomic E-state index is 7.92. The zero-order valence-corrected chi connectivity index (χ0v) is 23.4. The summed E-state index contributed by atoms with van der Waals surface area (Å²) in [6.45, 7) is 11.4. The normalized spacial score (nSPS) is 19.2. The van der Waals surface area contributed by atoms with Crippen LogP contribution in [0.15, 0.2) is 68.5 Å². The molecule has 2 aliphatic carbocycles. The first-order valence-electron chi connectivity index (χ1n) is 9.47. The summed E-state index contributed by atoms with van der Waals surface area (Å²) in [5.41, 5.74) is 10.1. The van der Waals surface area contributed by atoms with E-state index in [0.717, 1.165) is 0 Å². The Labute approximate surface area is 187 Å². The van der Waals surface area contributed by atoms with Crippen molar-refractivity contribution in [3.8, 4) is 11.1 Å². The third kappa shape index (κ3) is 3.28. The van der Waals surface area contributed by atoms with E-state index in [0.29, 0.717) is 9.54 Å².